The predicted molar refractivity (Wildman–Crippen MR) is 74.7 cm³/mol. The van der Waals surface area contributed by atoms with Gasteiger partial charge in [-0.25, -0.2) is 0 Å². The maximum absolute atomic E-state index is 12.2. The fraction of sp³-hybridized carbons (Fsp3) is 0.375. The molecule has 0 N–H and O–H groups in total. The molecule has 0 bridgehead atoms. The molecule has 3 heteroatoms. The highest BCUT2D eigenvalue weighted by Gasteiger charge is 2.33. The average Bonchev–Trinajstić information content (AvgIpc) is 2.71. The van der Waals surface area contributed by atoms with Crippen molar-refractivity contribution >= 4 is 5.78 Å². The van der Waals surface area contributed by atoms with Crippen molar-refractivity contribution in [2.24, 2.45) is 5.41 Å². The van der Waals surface area contributed by atoms with E-state index in [9.17, 15) is 4.79 Å². The lowest BCUT2D eigenvalue weighted by molar-refractivity contribution is 0.0911. The minimum Gasteiger partial charge on any atom is -0.319 e. The number of rotatable bonds is 1. The van der Waals surface area contributed by atoms with Crippen molar-refractivity contribution in [3.63, 3.8) is 0 Å². The highest BCUT2D eigenvalue weighted by molar-refractivity contribution is 5.99. The van der Waals surface area contributed by atoms with E-state index in [0.29, 0.717) is 6.42 Å². The van der Waals surface area contributed by atoms with Crippen molar-refractivity contribution in [2.45, 2.75) is 33.6 Å². The van der Waals surface area contributed by atoms with E-state index in [1.165, 1.54) is 0 Å². The van der Waals surface area contributed by atoms with Gasteiger partial charge in [-0.1, -0.05) is 13.8 Å². The van der Waals surface area contributed by atoms with Gasteiger partial charge in [0.25, 0.3) is 0 Å². The summed E-state index contributed by atoms with van der Waals surface area (Å²) in [5.74, 6) is 0.255. The zero-order chi connectivity index (χ0) is 13.6. The molecule has 2 aromatic heterocycles. The van der Waals surface area contributed by atoms with E-state index in [1.54, 1.807) is 0 Å². The zero-order valence-electron chi connectivity index (χ0n) is 11.6. The summed E-state index contributed by atoms with van der Waals surface area (Å²) in [5.41, 5.74) is 4.19. The van der Waals surface area contributed by atoms with E-state index in [2.05, 4.69) is 29.5 Å². The third-order valence-electron chi connectivity index (χ3n) is 3.72. The van der Waals surface area contributed by atoms with Gasteiger partial charge in [-0.3, -0.25) is 9.78 Å². The van der Waals surface area contributed by atoms with Crippen LogP contribution in [0.3, 0.4) is 0 Å². The van der Waals surface area contributed by atoms with Crippen LogP contribution in [-0.2, 0) is 6.42 Å². The van der Waals surface area contributed by atoms with Crippen molar-refractivity contribution in [2.75, 3.05) is 0 Å². The Morgan fingerprint density at radius 1 is 1.26 bits per heavy atom. The minimum atomic E-state index is 0.0391. The Labute approximate surface area is 113 Å². The standard InChI is InChI=1S/C16H18N2O/c1-11-6-12(10-17-9-11)18-5-4-13-14(18)7-16(2,3)8-15(13)19/h4-6,9-10H,7-8H2,1-3H3. The summed E-state index contributed by atoms with van der Waals surface area (Å²) >= 11 is 0. The van der Waals surface area contributed by atoms with Gasteiger partial charge in [-0.2, -0.15) is 0 Å². The number of aryl methyl sites for hydroxylation is 1. The van der Waals surface area contributed by atoms with E-state index >= 15 is 0 Å². The number of fused-ring (bicyclic) bond motifs is 1. The summed E-state index contributed by atoms with van der Waals surface area (Å²) in [6.45, 7) is 6.33. The molecule has 0 unspecified atom stereocenters. The van der Waals surface area contributed by atoms with Crippen LogP contribution in [0.15, 0.2) is 30.7 Å². The Morgan fingerprint density at radius 3 is 2.79 bits per heavy atom. The van der Waals surface area contributed by atoms with Gasteiger partial charge < -0.3 is 4.57 Å². The smallest absolute Gasteiger partial charge is 0.165 e. The molecule has 0 saturated carbocycles. The number of nitrogens with zero attached hydrogens (tertiary/aromatic N) is 2. The predicted octanol–water partition coefficient (Wildman–Crippen LogP) is 3.34. The van der Waals surface area contributed by atoms with Gasteiger partial charge in [0, 0.05) is 30.1 Å². The SMILES string of the molecule is Cc1cncc(-n2ccc3c2CC(C)(C)CC3=O)c1. The van der Waals surface area contributed by atoms with Crippen LogP contribution < -0.4 is 0 Å². The quantitative estimate of drug-likeness (QED) is 0.782. The van der Waals surface area contributed by atoms with Crippen molar-refractivity contribution in [1.82, 2.24) is 9.55 Å². The number of carbonyl (C=O) groups is 1. The molecule has 2 aromatic rings. The Hall–Kier alpha value is -1.90. The Balaban J connectivity index is 2.14. The molecule has 0 atom stereocenters. The third-order valence-corrected chi connectivity index (χ3v) is 3.72. The number of carbonyl (C=O) groups excluding carboxylic acids is 1. The molecule has 0 radical (unpaired) electrons. The molecule has 3 nitrogen and oxygen atoms in total. The molecule has 19 heavy (non-hydrogen) atoms. The number of hydrogen-bond acceptors (Lipinski definition) is 2. The van der Waals surface area contributed by atoms with Crippen LogP contribution in [-0.4, -0.2) is 15.3 Å². The molecule has 0 saturated heterocycles. The van der Waals surface area contributed by atoms with Gasteiger partial charge >= 0.3 is 0 Å². The molecule has 0 spiro atoms. The van der Waals surface area contributed by atoms with Gasteiger partial charge in [0.15, 0.2) is 5.78 Å². The normalized spacial score (nSPS) is 17.3. The van der Waals surface area contributed by atoms with E-state index in [0.717, 1.165) is 28.9 Å². The van der Waals surface area contributed by atoms with E-state index in [-0.39, 0.29) is 11.2 Å². The number of ketones is 1. The lowest BCUT2D eigenvalue weighted by atomic mass is 9.76. The fourth-order valence-corrected chi connectivity index (χ4v) is 2.86. The molecule has 0 aliphatic heterocycles. The van der Waals surface area contributed by atoms with Crippen molar-refractivity contribution in [3.05, 3.63) is 47.5 Å². The largest absolute Gasteiger partial charge is 0.319 e. The minimum absolute atomic E-state index is 0.0391. The van der Waals surface area contributed by atoms with Crippen LogP contribution in [0.1, 0.15) is 41.9 Å². The maximum Gasteiger partial charge on any atom is 0.165 e. The van der Waals surface area contributed by atoms with Gasteiger partial charge in [0.05, 0.1) is 11.9 Å². The first-order valence-electron chi connectivity index (χ1n) is 6.62. The summed E-state index contributed by atoms with van der Waals surface area (Å²) < 4.78 is 2.11. The van der Waals surface area contributed by atoms with Crippen LogP contribution >= 0.6 is 0 Å². The molecular weight excluding hydrogens is 236 g/mol. The Kier molecular flexibility index (Phi) is 2.59. The maximum atomic E-state index is 12.2. The van der Waals surface area contributed by atoms with Crippen LogP contribution in [0.2, 0.25) is 0 Å². The zero-order valence-corrected chi connectivity index (χ0v) is 11.6. The summed E-state index contributed by atoms with van der Waals surface area (Å²) in [7, 11) is 0. The highest BCUT2D eigenvalue weighted by Crippen LogP contribution is 2.36. The number of aromatic nitrogens is 2. The summed E-state index contributed by atoms with van der Waals surface area (Å²) in [5, 5.41) is 0. The molecule has 98 valence electrons. The van der Waals surface area contributed by atoms with Crippen molar-refractivity contribution in [1.29, 1.82) is 0 Å². The second-order valence-corrected chi connectivity index (χ2v) is 6.21. The van der Waals surface area contributed by atoms with Gasteiger partial charge in [0.1, 0.15) is 0 Å². The van der Waals surface area contributed by atoms with E-state index in [4.69, 9.17) is 0 Å². The molecule has 1 aliphatic rings. The lowest BCUT2D eigenvalue weighted by Gasteiger charge is -2.29. The first kappa shape index (κ1) is 12.2. The van der Waals surface area contributed by atoms with Gasteiger partial charge in [-0.05, 0) is 36.5 Å². The van der Waals surface area contributed by atoms with E-state index < -0.39 is 0 Å². The van der Waals surface area contributed by atoms with Crippen molar-refractivity contribution in [3.8, 4) is 5.69 Å². The third kappa shape index (κ3) is 2.09. The molecule has 3 rings (SSSR count). The van der Waals surface area contributed by atoms with Crippen LogP contribution in [0, 0.1) is 12.3 Å². The molecule has 0 aromatic carbocycles. The summed E-state index contributed by atoms with van der Waals surface area (Å²) in [6.07, 6.45) is 7.24. The number of pyridine rings is 1. The molecular formula is C16H18N2O. The number of hydrogen-bond donors (Lipinski definition) is 0. The average molecular weight is 254 g/mol. The topological polar surface area (TPSA) is 34.9 Å². The second kappa shape index (κ2) is 4.05. The van der Waals surface area contributed by atoms with Crippen LogP contribution in [0.5, 0.6) is 0 Å². The summed E-state index contributed by atoms with van der Waals surface area (Å²) in [6, 6.07) is 4.04. The second-order valence-electron chi connectivity index (χ2n) is 6.21. The van der Waals surface area contributed by atoms with Crippen LogP contribution in [0.4, 0.5) is 0 Å². The molecule has 1 aliphatic carbocycles. The monoisotopic (exact) mass is 254 g/mol. The highest BCUT2D eigenvalue weighted by atomic mass is 16.1. The van der Waals surface area contributed by atoms with Crippen LogP contribution in [0.25, 0.3) is 5.69 Å². The molecule has 0 fully saturated rings. The Morgan fingerprint density at radius 2 is 2.05 bits per heavy atom. The first-order valence-corrected chi connectivity index (χ1v) is 6.62. The van der Waals surface area contributed by atoms with Crippen molar-refractivity contribution < 1.29 is 4.79 Å². The number of Topliss-reactive ketones (excluding diaryl/α,β-unsaturated/α-hetero) is 1. The summed E-state index contributed by atoms with van der Waals surface area (Å²) in [4.78, 5) is 16.4. The van der Waals surface area contributed by atoms with Gasteiger partial charge in [0.2, 0.25) is 0 Å². The lowest BCUT2D eigenvalue weighted by Crippen LogP contribution is -2.27. The van der Waals surface area contributed by atoms with E-state index in [1.807, 2.05) is 31.6 Å². The molecule has 2 heterocycles. The van der Waals surface area contributed by atoms with Gasteiger partial charge in [-0.15, -0.1) is 0 Å². The fourth-order valence-electron chi connectivity index (χ4n) is 2.86. The Bertz CT molecular complexity index is 653. The molecule has 0 amide bonds. The first-order chi connectivity index (χ1) is 8.96.